The molecule has 2 aliphatic rings. The number of piperidine rings is 1. The third kappa shape index (κ3) is 2.56. The summed E-state index contributed by atoms with van der Waals surface area (Å²) in [6.07, 6.45) is 4.75. The van der Waals surface area contributed by atoms with Gasteiger partial charge in [-0.25, -0.2) is 0 Å². The van der Waals surface area contributed by atoms with Crippen molar-refractivity contribution in [2.24, 2.45) is 0 Å². The normalized spacial score (nSPS) is 36.0. The number of aliphatic hydroxyl groups is 2. The summed E-state index contributed by atoms with van der Waals surface area (Å²) < 4.78 is 5.18. The van der Waals surface area contributed by atoms with Gasteiger partial charge in [-0.3, -0.25) is 0 Å². The van der Waals surface area contributed by atoms with E-state index in [4.69, 9.17) is 4.74 Å². The number of rotatable bonds is 3. The van der Waals surface area contributed by atoms with Crippen LogP contribution in [0.15, 0.2) is 24.3 Å². The van der Waals surface area contributed by atoms with Crippen molar-refractivity contribution in [3.8, 4) is 5.75 Å². The summed E-state index contributed by atoms with van der Waals surface area (Å²) in [5.41, 5.74) is -0.784. The van der Waals surface area contributed by atoms with Crippen LogP contribution in [0.4, 0.5) is 0 Å². The maximum absolute atomic E-state index is 11.1. The fraction of sp³-hybridized carbons (Fsp3) is 0.647. The van der Waals surface area contributed by atoms with Gasteiger partial charge < -0.3 is 20.3 Å². The minimum atomic E-state index is -1.01. The first-order valence-electron chi connectivity index (χ1n) is 7.88. The molecule has 0 amide bonds. The van der Waals surface area contributed by atoms with Crippen LogP contribution in [0.1, 0.15) is 37.7 Å². The Balaban J connectivity index is 1.79. The van der Waals surface area contributed by atoms with Gasteiger partial charge >= 0.3 is 0 Å². The highest BCUT2D eigenvalue weighted by molar-refractivity contribution is 5.28. The summed E-state index contributed by atoms with van der Waals surface area (Å²) in [6, 6.07) is 7.84. The molecule has 4 heteroatoms. The molecule has 1 saturated carbocycles. The molecule has 0 unspecified atom stereocenters. The Morgan fingerprint density at radius 1 is 1.14 bits per heavy atom. The maximum atomic E-state index is 11.1. The van der Waals surface area contributed by atoms with Crippen LogP contribution in [0.25, 0.3) is 0 Å². The first-order chi connectivity index (χ1) is 10.1. The standard InChI is InChI=1S/C17H25NO3/c1-21-14-6-4-13(5-7-14)12-15-17(20)9-3-2-8-16(17,19)10-11-18-15/h4-7,15,18-20H,2-3,8-12H2,1H3/t15-,16-,17-/m0/s1. The Bertz CT molecular complexity index is 485. The van der Waals surface area contributed by atoms with Gasteiger partial charge in [0.25, 0.3) is 0 Å². The smallest absolute Gasteiger partial charge is 0.118 e. The van der Waals surface area contributed by atoms with E-state index in [1.54, 1.807) is 7.11 Å². The molecule has 4 nitrogen and oxygen atoms in total. The summed E-state index contributed by atoms with van der Waals surface area (Å²) in [5, 5.41) is 25.4. The topological polar surface area (TPSA) is 61.7 Å². The average Bonchev–Trinajstić information content (AvgIpc) is 2.49. The average molecular weight is 291 g/mol. The predicted molar refractivity (Wildman–Crippen MR) is 81.5 cm³/mol. The van der Waals surface area contributed by atoms with Crippen LogP contribution in [-0.4, -0.2) is 41.1 Å². The summed E-state index contributed by atoms with van der Waals surface area (Å²) in [4.78, 5) is 0. The van der Waals surface area contributed by atoms with Crippen molar-refractivity contribution in [1.82, 2.24) is 5.32 Å². The van der Waals surface area contributed by atoms with Crippen molar-refractivity contribution < 1.29 is 14.9 Å². The first kappa shape index (κ1) is 14.8. The molecule has 2 fully saturated rings. The van der Waals surface area contributed by atoms with Gasteiger partial charge in [0, 0.05) is 6.04 Å². The van der Waals surface area contributed by atoms with E-state index in [2.05, 4.69) is 5.32 Å². The van der Waals surface area contributed by atoms with Gasteiger partial charge in [0.05, 0.1) is 12.7 Å². The molecular weight excluding hydrogens is 266 g/mol. The molecule has 0 spiro atoms. The van der Waals surface area contributed by atoms with E-state index < -0.39 is 11.2 Å². The van der Waals surface area contributed by atoms with E-state index in [0.717, 1.165) is 37.1 Å². The number of nitrogens with one attached hydrogen (secondary N) is 1. The summed E-state index contributed by atoms with van der Waals surface area (Å²) in [7, 11) is 1.66. The predicted octanol–water partition coefficient (Wildman–Crippen LogP) is 1.64. The number of hydrogen-bond donors (Lipinski definition) is 3. The van der Waals surface area contributed by atoms with Crippen LogP contribution in [0.2, 0.25) is 0 Å². The highest BCUT2D eigenvalue weighted by Crippen LogP contribution is 2.44. The van der Waals surface area contributed by atoms with Crippen LogP contribution in [0.3, 0.4) is 0 Å². The summed E-state index contributed by atoms with van der Waals surface area (Å²) in [5.74, 6) is 0.836. The van der Waals surface area contributed by atoms with Crippen LogP contribution >= 0.6 is 0 Å². The highest BCUT2D eigenvalue weighted by atomic mass is 16.5. The zero-order valence-corrected chi connectivity index (χ0v) is 12.6. The monoisotopic (exact) mass is 291 g/mol. The maximum Gasteiger partial charge on any atom is 0.118 e. The van der Waals surface area contributed by atoms with Crippen molar-refractivity contribution in [3.63, 3.8) is 0 Å². The third-order valence-electron chi connectivity index (χ3n) is 5.31. The summed E-state index contributed by atoms with van der Waals surface area (Å²) in [6.45, 7) is 0.764. The number of benzene rings is 1. The lowest BCUT2D eigenvalue weighted by Crippen LogP contribution is -2.71. The van der Waals surface area contributed by atoms with Gasteiger partial charge in [-0.1, -0.05) is 25.0 Å². The molecule has 21 heavy (non-hydrogen) atoms. The molecule has 1 aliphatic heterocycles. The molecule has 1 aromatic carbocycles. The van der Waals surface area contributed by atoms with E-state index in [1.807, 2.05) is 24.3 Å². The Labute approximate surface area is 126 Å². The van der Waals surface area contributed by atoms with Crippen LogP contribution in [-0.2, 0) is 6.42 Å². The second kappa shape index (κ2) is 5.59. The fourth-order valence-electron chi connectivity index (χ4n) is 3.96. The van der Waals surface area contributed by atoms with Crippen molar-refractivity contribution in [2.45, 2.75) is 55.8 Å². The van der Waals surface area contributed by atoms with E-state index >= 15 is 0 Å². The number of methoxy groups -OCH3 is 1. The molecule has 0 radical (unpaired) electrons. The van der Waals surface area contributed by atoms with Crippen LogP contribution < -0.4 is 10.1 Å². The first-order valence-corrected chi connectivity index (χ1v) is 7.88. The molecular formula is C17H25NO3. The zero-order valence-electron chi connectivity index (χ0n) is 12.6. The van der Waals surface area contributed by atoms with E-state index in [9.17, 15) is 10.2 Å². The van der Waals surface area contributed by atoms with E-state index in [1.165, 1.54) is 0 Å². The van der Waals surface area contributed by atoms with Crippen molar-refractivity contribution in [3.05, 3.63) is 29.8 Å². The molecule has 0 aromatic heterocycles. The molecule has 3 rings (SSSR count). The minimum absolute atomic E-state index is 0.0926. The Morgan fingerprint density at radius 3 is 2.57 bits per heavy atom. The molecule has 1 saturated heterocycles. The van der Waals surface area contributed by atoms with Gasteiger partial charge in [-0.2, -0.15) is 0 Å². The molecule has 1 heterocycles. The molecule has 0 bridgehead atoms. The second-order valence-corrected chi connectivity index (χ2v) is 6.47. The lowest BCUT2D eigenvalue weighted by Gasteiger charge is -2.54. The van der Waals surface area contributed by atoms with Gasteiger partial charge in [-0.05, 0) is 49.9 Å². The quantitative estimate of drug-likeness (QED) is 0.792. The van der Waals surface area contributed by atoms with Crippen molar-refractivity contribution >= 4 is 0 Å². The lowest BCUT2D eigenvalue weighted by molar-refractivity contribution is -0.207. The lowest BCUT2D eigenvalue weighted by atomic mass is 9.63. The molecule has 1 aliphatic carbocycles. The van der Waals surface area contributed by atoms with Crippen molar-refractivity contribution in [1.29, 1.82) is 0 Å². The van der Waals surface area contributed by atoms with Gasteiger partial charge in [0.2, 0.25) is 0 Å². The fourth-order valence-corrected chi connectivity index (χ4v) is 3.96. The molecule has 116 valence electrons. The number of hydrogen-bond acceptors (Lipinski definition) is 4. The van der Waals surface area contributed by atoms with Gasteiger partial charge in [-0.15, -0.1) is 0 Å². The van der Waals surface area contributed by atoms with Gasteiger partial charge in [0.1, 0.15) is 11.4 Å². The molecule has 1 aromatic rings. The molecule has 3 atom stereocenters. The van der Waals surface area contributed by atoms with Crippen LogP contribution in [0.5, 0.6) is 5.75 Å². The van der Waals surface area contributed by atoms with Crippen LogP contribution in [0, 0.1) is 0 Å². The van der Waals surface area contributed by atoms with E-state index in [0.29, 0.717) is 19.3 Å². The van der Waals surface area contributed by atoms with Gasteiger partial charge in [0.15, 0.2) is 0 Å². The molecule has 3 N–H and O–H groups in total. The number of ether oxygens (including phenoxy) is 1. The Morgan fingerprint density at radius 2 is 1.86 bits per heavy atom. The third-order valence-corrected chi connectivity index (χ3v) is 5.31. The van der Waals surface area contributed by atoms with E-state index in [-0.39, 0.29) is 6.04 Å². The SMILES string of the molecule is COc1ccc(C[C@@H]2NCC[C@@]3(O)CCCC[C@]23O)cc1. The summed E-state index contributed by atoms with van der Waals surface area (Å²) >= 11 is 0. The Hall–Kier alpha value is -1.10. The minimum Gasteiger partial charge on any atom is -0.497 e. The number of fused-ring (bicyclic) bond motifs is 1. The van der Waals surface area contributed by atoms with Crippen molar-refractivity contribution in [2.75, 3.05) is 13.7 Å². The second-order valence-electron chi connectivity index (χ2n) is 6.47. The zero-order chi connectivity index (χ0) is 14.9. The largest absolute Gasteiger partial charge is 0.497 e. The highest BCUT2D eigenvalue weighted by Gasteiger charge is 2.56. The Kier molecular flexibility index (Phi) is 3.95.